The van der Waals surface area contributed by atoms with E-state index < -0.39 is 28.9 Å². The van der Waals surface area contributed by atoms with Crippen LogP contribution in [0.3, 0.4) is 0 Å². The maximum Gasteiger partial charge on any atom is 0.292 e. The SMILES string of the molecule is Cc1cc(C(=O)N(C)C23CCC(NC(=O)COc4ccc(Cl)c(F)c4)(CC2)C(O)C3)on1. The molecular formula is C22H25ClFN3O5. The molecule has 3 aliphatic rings. The van der Waals surface area contributed by atoms with Crippen LogP contribution >= 0.6 is 11.6 Å². The number of aliphatic hydroxyl groups excluding tert-OH is 1. The Morgan fingerprint density at radius 2 is 2.06 bits per heavy atom. The summed E-state index contributed by atoms with van der Waals surface area (Å²) >= 11 is 5.65. The third kappa shape index (κ3) is 4.06. The molecule has 1 aromatic heterocycles. The number of hydrogen-bond donors (Lipinski definition) is 2. The molecule has 1 unspecified atom stereocenters. The van der Waals surface area contributed by atoms with Crippen LogP contribution in [0, 0.1) is 12.7 Å². The van der Waals surface area contributed by atoms with Crippen molar-refractivity contribution in [1.29, 1.82) is 0 Å². The summed E-state index contributed by atoms with van der Waals surface area (Å²) in [5.74, 6) is -0.960. The highest BCUT2D eigenvalue weighted by atomic mass is 35.5. The average Bonchev–Trinajstić information content (AvgIpc) is 3.21. The van der Waals surface area contributed by atoms with E-state index in [9.17, 15) is 19.1 Å². The van der Waals surface area contributed by atoms with Crippen molar-refractivity contribution in [3.63, 3.8) is 0 Å². The molecule has 8 nitrogen and oxygen atoms in total. The van der Waals surface area contributed by atoms with Crippen molar-refractivity contribution in [3.05, 3.63) is 46.6 Å². The molecule has 172 valence electrons. The number of benzene rings is 1. The molecule has 3 saturated carbocycles. The van der Waals surface area contributed by atoms with E-state index in [2.05, 4.69) is 10.5 Å². The number of fused-ring (bicyclic) bond motifs is 3. The van der Waals surface area contributed by atoms with Gasteiger partial charge in [0.1, 0.15) is 11.6 Å². The fourth-order valence-corrected chi connectivity index (χ4v) is 4.93. The van der Waals surface area contributed by atoms with Gasteiger partial charge in [-0.1, -0.05) is 16.8 Å². The molecule has 1 aromatic carbocycles. The molecule has 0 aliphatic heterocycles. The monoisotopic (exact) mass is 465 g/mol. The van der Waals surface area contributed by atoms with Gasteiger partial charge in [0.2, 0.25) is 5.76 Å². The van der Waals surface area contributed by atoms with Gasteiger partial charge < -0.3 is 24.6 Å². The highest BCUT2D eigenvalue weighted by Gasteiger charge is 2.57. The Kier molecular flexibility index (Phi) is 5.89. The minimum absolute atomic E-state index is 0.0291. The van der Waals surface area contributed by atoms with Gasteiger partial charge in [-0.15, -0.1) is 0 Å². The van der Waals surface area contributed by atoms with Crippen molar-refractivity contribution >= 4 is 23.4 Å². The Balaban J connectivity index is 1.38. The number of rotatable bonds is 6. The van der Waals surface area contributed by atoms with Crippen LogP contribution in [-0.2, 0) is 4.79 Å². The molecule has 1 heterocycles. The Hall–Kier alpha value is -2.65. The number of aliphatic hydroxyl groups is 1. The van der Waals surface area contributed by atoms with Gasteiger partial charge in [-0.05, 0) is 51.2 Å². The molecule has 10 heteroatoms. The summed E-state index contributed by atoms with van der Waals surface area (Å²) in [4.78, 5) is 27.0. The highest BCUT2D eigenvalue weighted by Crippen LogP contribution is 2.50. The molecule has 0 spiro atoms. The van der Waals surface area contributed by atoms with E-state index in [1.165, 1.54) is 12.1 Å². The fourth-order valence-electron chi connectivity index (χ4n) is 4.81. The van der Waals surface area contributed by atoms with Gasteiger partial charge in [0.15, 0.2) is 6.61 Å². The largest absolute Gasteiger partial charge is 0.484 e. The van der Waals surface area contributed by atoms with Crippen LogP contribution in [0.15, 0.2) is 28.8 Å². The summed E-state index contributed by atoms with van der Waals surface area (Å²) in [6, 6.07) is 5.53. The summed E-state index contributed by atoms with van der Waals surface area (Å²) in [6.07, 6.45) is 1.80. The summed E-state index contributed by atoms with van der Waals surface area (Å²) in [5.41, 5.74) is -0.668. The van der Waals surface area contributed by atoms with Crippen LogP contribution in [0.1, 0.15) is 48.4 Å². The van der Waals surface area contributed by atoms with E-state index in [-0.39, 0.29) is 29.0 Å². The van der Waals surface area contributed by atoms with E-state index in [1.54, 1.807) is 24.9 Å². The van der Waals surface area contributed by atoms with E-state index in [0.717, 1.165) is 6.07 Å². The molecule has 0 saturated heterocycles. The van der Waals surface area contributed by atoms with E-state index in [1.807, 2.05) is 0 Å². The zero-order valence-electron chi connectivity index (χ0n) is 17.9. The molecule has 2 bridgehead atoms. The lowest BCUT2D eigenvalue weighted by Crippen LogP contribution is -2.70. The molecule has 5 rings (SSSR count). The van der Waals surface area contributed by atoms with Gasteiger partial charge in [-0.25, -0.2) is 4.39 Å². The lowest BCUT2D eigenvalue weighted by molar-refractivity contribution is -0.135. The van der Waals surface area contributed by atoms with Crippen molar-refractivity contribution in [1.82, 2.24) is 15.4 Å². The number of aromatic nitrogens is 1. The van der Waals surface area contributed by atoms with Crippen molar-refractivity contribution in [2.24, 2.45) is 0 Å². The minimum atomic E-state index is -0.825. The second-order valence-electron chi connectivity index (χ2n) is 8.71. The summed E-state index contributed by atoms with van der Waals surface area (Å²) < 4.78 is 24.0. The van der Waals surface area contributed by atoms with Gasteiger partial charge in [0, 0.05) is 24.7 Å². The minimum Gasteiger partial charge on any atom is -0.484 e. The zero-order valence-corrected chi connectivity index (χ0v) is 18.6. The first-order valence-electron chi connectivity index (χ1n) is 10.4. The molecule has 32 heavy (non-hydrogen) atoms. The van der Waals surface area contributed by atoms with Crippen LogP contribution in [0.5, 0.6) is 5.75 Å². The number of aryl methyl sites for hydroxylation is 1. The number of carbonyl (C=O) groups excluding carboxylic acids is 2. The summed E-state index contributed by atoms with van der Waals surface area (Å²) in [7, 11) is 1.71. The standard InChI is InChI=1S/C22H25ClFN3O5/c1-13-9-17(32-26-13)20(30)27(2)21-5-7-22(8-6-21,18(28)11-21)25-19(29)12-31-14-3-4-15(23)16(24)10-14/h3-4,9-10,18,28H,5-8,11-12H2,1-2H3,(H,25,29). The van der Waals surface area contributed by atoms with Gasteiger partial charge in [0.05, 0.1) is 22.4 Å². The Morgan fingerprint density at radius 3 is 2.66 bits per heavy atom. The van der Waals surface area contributed by atoms with Crippen LogP contribution < -0.4 is 10.1 Å². The predicted molar refractivity (Wildman–Crippen MR) is 113 cm³/mol. The molecule has 0 radical (unpaired) electrons. The van der Waals surface area contributed by atoms with Crippen molar-refractivity contribution in [2.75, 3.05) is 13.7 Å². The van der Waals surface area contributed by atoms with Gasteiger partial charge in [-0.3, -0.25) is 9.59 Å². The topological polar surface area (TPSA) is 105 Å². The first-order valence-corrected chi connectivity index (χ1v) is 10.8. The second kappa shape index (κ2) is 8.37. The Bertz CT molecular complexity index is 1030. The third-order valence-corrected chi connectivity index (χ3v) is 7.09. The molecule has 3 fully saturated rings. The molecular weight excluding hydrogens is 441 g/mol. The molecule has 2 N–H and O–H groups in total. The van der Waals surface area contributed by atoms with Crippen molar-refractivity contribution in [3.8, 4) is 5.75 Å². The molecule has 1 atom stereocenters. The van der Waals surface area contributed by atoms with E-state index in [4.69, 9.17) is 20.9 Å². The van der Waals surface area contributed by atoms with Crippen LogP contribution in [0.4, 0.5) is 4.39 Å². The number of hydrogen-bond acceptors (Lipinski definition) is 6. The number of carbonyl (C=O) groups is 2. The lowest BCUT2D eigenvalue weighted by Gasteiger charge is -2.58. The first kappa shape index (κ1) is 22.5. The molecule has 2 amide bonds. The van der Waals surface area contributed by atoms with Crippen molar-refractivity contribution in [2.45, 2.75) is 56.2 Å². The van der Waals surface area contributed by atoms with Crippen LogP contribution in [-0.4, -0.2) is 57.8 Å². The van der Waals surface area contributed by atoms with Crippen LogP contribution in [0.25, 0.3) is 0 Å². The zero-order chi connectivity index (χ0) is 23.1. The third-order valence-electron chi connectivity index (χ3n) is 6.79. The Morgan fingerprint density at radius 1 is 1.34 bits per heavy atom. The predicted octanol–water partition coefficient (Wildman–Crippen LogP) is 2.86. The highest BCUT2D eigenvalue weighted by molar-refractivity contribution is 6.30. The van der Waals surface area contributed by atoms with Gasteiger partial charge in [-0.2, -0.15) is 0 Å². The number of ether oxygens (including phenoxy) is 1. The molecule has 2 aromatic rings. The second-order valence-corrected chi connectivity index (χ2v) is 9.12. The lowest BCUT2D eigenvalue weighted by atomic mass is 9.59. The normalized spacial score (nSPS) is 26.6. The number of nitrogens with zero attached hydrogens (tertiary/aromatic N) is 2. The Labute approximate surface area is 189 Å². The number of amides is 2. The quantitative estimate of drug-likeness (QED) is 0.679. The maximum absolute atomic E-state index is 13.5. The van der Waals surface area contributed by atoms with E-state index >= 15 is 0 Å². The van der Waals surface area contributed by atoms with Crippen molar-refractivity contribution < 1.29 is 28.3 Å². The number of halogens is 2. The van der Waals surface area contributed by atoms with Crippen LogP contribution in [0.2, 0.25) is 5.02 Å². The number of nitrogens with one attached hydrogen (secondary N) is 1. The first-order chi connectivity index (χ1) is 15.1. The van der Waals surface area contributed by atoms with Gasteiger partial charge >= 0.3 is 0 Å². The molecule has 3 aliphatic carbocycles. The maximum atomic E-state index is 13.5. The van der Waals surface area contributed by atoms with Gasteiger partial charge in [0.25, 0.3) is 11.8 Å². The fraction of sp³-hybridized carbons (Fsp3) is 0.500. The summed E-state index contributed by atoms with van der Waals surface area (Å²) in [6.45, 7) is 1.43. The smallest absolute Gasteiger partial charge is 0.292 e. The average molecular weight is 466 g/mol. The summed E-state index contributed by atoms with van der Waals surface area (Å²) in [5, 5.41) is 17.6. The van der Waals surface area contributed by atoms with E-state index in [0.29, 0.717) is 37.8 Å².